The zero-order valence-electron chi connectivity index (χ0n) is 15.8. The lowest BCUT2D eigenvalue weighted by molar-refractivity contribution is 0.0605. The maximum atomic E-state index is 14.6. The number of benzene rings is 2. The molecule has 0 radical (unpaired) electrons. The first kappa shape index (κ1) is 17.7. The van der Waals surface area contributed by atoms with Crippen LogP contribution in [-0.2, 0) is 13.5 Å². The number of hydrogen-bond donors (Lipinski definition) is 0. The van der Waals surface area contributed by atoms with E-state index < -0.39 is 5.95 Å². The Morgan fingerprint density at radius 3 is 2.74 bits per heavy atom. The normalized spacial score (nSPS) is 17.4. The Hall–Kier alpha value is -2.69. The van der Waals surface area contributed by atoms with Gasteiger partial charge in [-0.15, -0.1) is 0 Å². The van der Waals surface area contributed by atoms with Gasteiger partial charge in [0.25, 0.3) is 5.91 Å². The van der Waals surface area contributed by atoms with Crippen molar-refractivity contribution in [1.82, 2.24) is 14.7 Å². The third-order valence-corrected chi connectivity index (χ3v) is 5.52. The van der Waals surface area contributed by atoms with Crippen molar-refractivity contribution in [2.75, 3.05) is 6.54 Å². The van der Waals surface area contributed by atoms with Gasteiger partial charge in [0.05, 0.1) is 11.7 Å². The van der Waals surface area contributed by atoms with Crippen molar-refractivity contribution in [2.45, 2.75) is 38.6 Å². The zero-order valence-corrected chi connectivity index (χ0v) is 15.8. The van der Waals surface area contributed by atoms with Gasteiger partial charge in [0.15, 0.2) is 0 Å². The van der Waals surface area contributed by atoms with Crippen LogP contribution in [0.1, 0.15) is 53.8 Å². The third kappa shape index (κ3) is 3.11. The predicted octanol–water partition coefficient (Wildman–Crippen LogP) is 4.64. The number of piperidine rings is 1. The van der Waals surface area contributed by atoms with Crippen molar-refractivity contribution >= 4 is 16.7 Å². The van der Waals surface area contributed by atoms with Gasteiger partial charge < -0.3 is 4.90 Å². The minimum Gasteiger partial charge on any atom is -0.331 e. The van der Waals surface area contributed by atoms with E-state index in [1.807, 2.05) is 24.0 Å². The molecule has 2 aromatic carbocycles. The first-order chi connectivity index (χ1) is 13.1. The second-order valence-corrected chi connectivity index (χ2v) is 7.21. The molecular weight excluding hydrogens is 341 g/mol. The van der Waals surface area contributed by atoms with Crippen LogP contribution in [0.25, 0.3) is 10.8 Å². The molecule has 4 nitrogen and oxygen atoms in total. The largest absolute Gasteiger partial charge is 0.331 e. The van der Waals surface area contributed by atoms with Crippen molar-refractivity contribution in [3.8, 4) is 0 Å². The highest BCUT2D eigenvalue weighted by molar-refractivity contribution is 5.96. The van der Waals surface area contributed by atoms with Gasteiger partial charge in [-0.1, -0.05) is 43.3 Å². The quantitative estimate of drug-likeness (QED) is 0.678. The highest BCUT2D eigenvalue weighted by Crippen LogP contribution is 2.34. The summed E-state index contributed by atoms with van der Waals surface area (Å²) < 4.78 is 15.8. The molecule has 1 amide bonds. The van der Waals surface area contributed by atoms with Gasteiger partial charge in [0, 0.05) is 13.6 Å². The van der Waals surface area contributed by atoms with Crippen LogP contribution in [-0.4, -0.2) is 27.1 Å². The van der Waals surface area contributed by atoms with Crippen LogP contribution < -0.4 is 0 Å². The van der Waals surface area contributed by atoms with Crippen molar-refractivity contribution in [1.29, 1.82) is 0 Å². The first-order valence-electron chi connectivity index (χ1n) is 9.61. The number of fused-ring (bicyclic) bond motifs is 1. The van der Waals surface area contributed by atoms with E-state index >= 15 is 0 Å². The Bertz CT molecular complexity index is 994. The van der Waals surface area contributed by atoms with Gasteiger partial charge in [-0.3, -0.25) is 4.79 Å². The minimum absolute atomic E-state index is 0.0276. The number of halogens is 1. The molecule has 0 bridgehead atoms. The number of likely N-dealkylation sites (tertiary alicyclic amines) is 1. The van der Waals surface area contributed by atoms with Crippen LogP contribution in [0.4, 0.5) is 4.39 Å². The molecule has 0 saturated carbocycles. The summed E-state index contributed by atoms with van der Waals surface area (Å²) in [6.07, 6.45) is 3.44. The van der Waals surface area contributed by atoms with Crippen LogP contribution in [0, 0.1) is 5.95 Å². The first-order valence-corrected chi connectivity index (χ1v) is 9.61. The molecule has 1 saturated heterocycles. The molecule has 1 aliphatic rings. The molecule has 1 fully saturated rings. The fraction of sp³-hybridized carbons (Fsp3) is 0.364. The monoisotopic (exact) mass is 365 g/mol. The average Bonchev–Trinajstić information content (AvgIpc) is 3.01. The molecule has 1 aromatic heterocycles. The number of amides is 1. The highest BCUT2D eigenvalue weighted by atomic mass is 19.1. The number of nitrogens with zero attached hydrogens (tertiary/aromatic N) is 3. The number of hydrogen-bond acceptors (Lipinski definition) is 2. The maximum Gasteiger partial charge on any atom is 0.260 e. The lowest BCUT2D eigenvalue weighted by atomic mass is 9.92. The number of carbonyl (C=O) groups excluding carboxylic acids is 1. The summed E-state index contributed by atoms with van der Waals surface area (Å²) >= 11 is 0. The van der Waals surface area contributed by atoms with Crippen molar-refractivity contribution in [2.24, 2.45) is 7.05 Å². The summed E-state index contributed by atoms with van der Waals surface area (Å²) in [5, 5.41) is 6.52. The lowest BCUT2D eigenvalue weighted by Gasteiger charge is -2.36. The highest BCUT2D eigenvalue weighted by Gasteiger charge is 2.33. The smallest absolute Gasteiger partial charge is 0.260 e. The molecule has 0 spiro atoms. The third-order valence-electron chi connectivity index (χ3n) is 5.52. The fourth-order valence-electron chi connectivity index (χ4n) is 4.09. The summed E-state index contributed by atoms with van der Waals surface area (Å²) in [5.74, 6) is -0.782. The van der Waals surface area contributed by atoms with E-state index in [0.717, 1.165) is 30.2 Å². The Balaban J connectivity index is 1.73. The van der Waals surface area contributed by atoms with Gasteiger partial charge in [0.1, 0.15) is 5.56 Å². The van der Waals surface area contributed by atoms with Crippen LogP contribution in [0.2, 0.25) is 0 Å². The van der Waals surface area contributed by atoms with Gasteiger partial charge in [-0.25, -0.2) is 4.68 Å². The standard InChI is InChI=1S/C22H24FN3O/c1-3-18-20(21(23)25(2)24-18)22(27)26-13-7-6-10-19(26)17-12-11-15-8-4-5-9-16(15)14-17/h4-5,8-9,11-12,14,19H,3,6-7,10,13H2,1-2H3. The van der Waals surface area contributed by atoms with Gasteiger partial charge in [-0.2, -0.15) is 9.49 Å². The van der Waals surface area contributed by atoms with E-state index in [1.165, 1.54) is 10.1 Å². The van der Waals surface area contributed by atoms with Gasteiger partial charge >= 0.3 is 0 Å². The Labute approximate surface area is 158 Å². The zero-order chi connectivity index (χ0) is 19.0. The molecule has 27 heavy (non-hydrogen) atoms. The molecule has 4 rings (SSSR count). The fourth-order valence-corrected chi connectivity index (χ4v) is 4.09. The van der Waals surface area contributed by atoms with Crippen LogP contribution in [0.3, 0.4) is 0 Å². The summed E-state index contributed by atoms with van der Waals surface area (Å²) in [7, 11) is 1.54. The molecular formula is C22H24FN3O. The molecule has 1 aliphatic heterocycles. The molecule has 1 atom stereocenters. The maximum absolute atomic E-state index is 14.6. The van der Waals surface area contributed by atoms with Crippen LogP contribution >= 0.6 is 0 Å². The Kier molecular flexibility index (Phi) is 4.68. The van der Waals surface area contributed by atoms with Crippen LogP contribution in [0.15, 0.2) is 42.5 Å². The summed E-state index contributed by atoms with van der Waals surface area (Å²) in [6.45, 7) is 2.55. The second-order valence-electron chi connectivity index (χ2n) is 7.21. The SMILES string of the molecule is CCc1nn(C)c(F)c1C(=O)N1CCCCC1c1ccc2ccccc2c1. The van der Waals surface area contributed by atoms with E-state index in [0.29, 0.717) is 18.7 Å². The average molecular weight is 365 g/mol. The molecule has 140 valence electrons. The van der Waals surface area contributed by atoms with Crippen LogP contribution in [0.5, 0.6) is 0 Å². The number of carbonyl (C=O) groups is 1. The van der Waals surface area contributed by atoms with E-state index in [-0.39, 0.29) is 17.5 Å². The molecule has 3 aromatic rings. The predicted molar refractivity (Wildman–Crippen MR) is 104 cm³/mol. The van der Waals surface area contributed by atoms with E-state index in [4.69, 9.17) is 0 Å². The van der Waals surface area contributed by atoms with Gasteiger partial charge in [0.2, 0.25) is 5.95 Å². The molecule has 1 unspecified atom stereocenters. The van der Waals surface area contributed by atoms with Gasteiger partial charge in [-0.05, 0) is 48.1 Å². The molecule has 0 aliphatic carbocycles. The molecule has 0 N–H and O–H groups in total. The summed E-state index contributed by atoms with van der Waals surface area (Å²) in [5.41, 5.74) is 1.78. The molecule has 5 heteroatoms. The van der Waals surface area contributed by atoms with E-state index in [2.05, 4.69) is 35.4 Å². The molecule has 2 heterocycles. The Morgan fingerprint density at radius 2 is 1.96 bits per heavy atom. The van der Waals surface area contributed by atoms with E-state index in [1.54, 1.807) is 7.05 Å². The van der Waals surface area contributed by atoms with E-state index in [9.17, 15) is 9.18 Å². The van der Waals surface area contributed by atoms with Crippen molar-refractivity contribution < 1.29 is 9.18 Å². The second kappa shape index (κ2) is 7.14. The lowest BCUT2D eigenvalue weighted by Crippen LogP contribution is -2.39. The number of rotatable bonds is 3. The summed E-state index contributed by atoms with van der Waals surface area (Å²) in [6, 6.07) is 14.5. The number of aryl methyl sites for hydroxylation is 2. The number of aromatic nitrogens is 2. The topological polar surface area (TPSA) is 38.1 Å². The van der Waals surface area contributed by atoms with Crippen molar-refractivity contribution in [3.63, 3.8) is 0 Å². The summed E-state index contributed by atoms with van der Waals surface area (Å²) in [4.78, 5) is 15.1. The minimum atomic E-state index is -0.542. The Morgan fingerprint density at radius 1 is 1.19 bits per heavy atom. The van der Waals surface area contributed by atoms with Crippen molar-refractivity contribution in [3.05, 3.63) is 65.2 Å².